The van der Waals surface area contributed by atoms with Crippen LogP contribution in [0, 0.1) is 5.41 Å². The maximum atomic E-state index is 12.8. The Bertz CT molecular complexity index is 891. The fraction of sp³-hybridized carbons (Fsp3) is 0.455. The lowest BCUT2D eigenvalue weighted by Crippen LogP contribution is -2.37. The molecule has 7 nitrogen and oxygen atoms in total. The molecule has 3 rings (SSSR count). The van der Waals surface area contributed by atoms with Crippen LogP contribution in [0.3, 0.4) is 0 Å². The van der Waals surface area contributed by atoms with Crippen molar-refractivity contribution in [3.63, 3.8) is 0 Å². The Labute approximate surface area is 171 Å². The van der Waals surface area contributed by atoms with Gasteiger partial charge in [-0.25, -0.2) is 9.97 Å². The largest absolute Gasteiger partial charge is 0.383 e. The molecule has 29 heavy (non-hydrogen) atoms. The minimum absolute atomic E-state index is 0.0204. The Morgan fingerprint density at radius 3 is 2.59 bits per heavy atom. The van der Waals surface area contributed by atoms with E-state index in [9.17, 15) is 9.59 Å². The molecule has 0 aliphatic carbocycles. The van der Waals surface area contributed by atoms with Gasteiger partial charge >= 0.3 is 0 Å². The molecule has 2 aromatic rings. The third-order valence-electron chi connectivity index (χ3n) is 4.90. The van der Waals surface area contributed by atoms with Gasteiger partial charge in [0.05, 0.1) is 5.56 Å². The van der Waals surface area contributed by atoms with Gasteiger partial charge in [-0.1, -0.05) is 26.8 Å². The molecule has 0 unspecified atom stereocenters. The van der Waals surface area contributed by atoms with E-state index in [0.717, 1.165) is 25.3 Å². The lowest BCUT2D eigenvalue weighted by atomic mass is 9.91. The molecular weight excluding hydrogens is 366 g/mol. The number of nitrogens with zero attached hydrogens (tertiary/aromatic N) is 4. The first-order chi connectivity index (χ1) is 13.7. The average Bonchev–Trinajstić information content (AvgIpc) is 2.93. The quantitative estimate of drug-likeness (QED) is 0.800. The first kappa shape index (κ1) is 20.8. The van der Waals surface area contributed by atoms with E-state index in [1.807, 2.05) is 17.0 Å². The highest BCUT2D eigenvalue weighted by Gasteiger charge is 2.24. The predicted molar refractivity (Wildman–Crippen MR) is 114 cm³/mol. The summed E-state index contributed by atoms with van der Waals surface area (Å²) in [7, 11) is 0. The van der Waals surface area contributed by atoms with Crippen molar-refractivity contribution < 1.29 is 9.59 Å². The molecule has 1 saturated heterocycles. The molecular formula is C22H29N5O2. The number of carbonyl (C=O) groups is 2. The van der Waals surface area contributed by atoms with E-state index >= 15 is 0 Å². The second-order valence-electron chi connectivity index (χ2n) is 8.61. The number of anilines is 2. The molecule has 1 amide bonds. The number of hydrogen-bond acceptors (Lipinski definition) is 6. The van der Waals surface area contributed by atoms with Crippen LogP contribution in [0.15, 0.2) is 36.5 Å². The van der Waals surface area contributed by atoms with Gasteiger partial charge in [-0.15, -0.1) is 0 Å². The van der Waals surface area contributed by atoms with E-state index in [0.29, 0.717) is 30.8 Å². The molecule has 0 bridgehead atoms. The molecule has 1 fully saturated rings. The molecule has 2 N–H and O–H groups in total. The van der Waals surface area contributed by atoms with Gasteiger partial charge < -0.3 is 15.5 Å². The first-order valence-corrected chi connectivity index (χ1v) is 9.99. The molecule has 0 atom stereocenters. The summed E-state index contributed by atoms with van der Waals surface area (Å²) in [6, 6.07) is 8.76. The predicted octanol–water partition coefficient (Wildman–Crippen LogP) is 2.76. The lowest BCUT2D eigenvalue weighted by Gasteiger charge is -2.26. The van der Waals surface area contributed by atoms with Crippen molar-refractivity contribution in [2.45, 2.75) is 33.6 Å². The Morgan fingerprint density at radius 2 is 1.86 bits per heavy atom. The van der Waals surface area contributed by atoms with Crippen LogP contribution >= 0.6 is 0 Å². The first-order valence-electron chi connectivity index (χ1n) is 9.99. The van der Waals surface area contributed by atoms with Crippen molar-refractivity contribution >= 4 is 23.3 Å². The zero-order valence-electron chi connectivity index (χ0n) is 17.4. The zero-order valence-corrected chi connectivity index (χ0v) is 17.4. The van der Waals surface area contributed by atoms with Crippen LogP contribution in [0.2, 0.25) is 0 Å². The van der Waals surface area contributed by atoms with E-state index in [-0.39, 0.29) is 22.9 Å². The fourth-order valence-corrected chi connectivity index (χ4v) is 3.43. The van der Waals surface area contributed by atoms with Crippen molar-refractivity contribution in [2.75, 3.05) is 36.8 Å². The van der Waals surface area contributed by atoms with Crippen LogP contribution in [0.1, 0.15) is 49.7 Å². The van der Waals surface area contributed by atoms with Crippen LogP contribution < -0.4 is 10.6 Å². The molecule has 0 aromatic carbocycles. The molecule has 1 aliphatic heterocycles. The standard InChI is InChI=1S/C22H29N5O2/c1-22(2,3)15-19(28)27-12-6-11-26(13-14-27)18-9-4-8-17(25-18)20(29)16-7-5-10-24-21(16)23/h4-5,7-10H,6,11-15H2,1-3H3,(H2,23,24). The second kappa shape index (κ2) is 8.59. The van der Waals surface area contributed by atoms with Crippen molar-refractivity contribution in [3.05, 3.63) is 47.8 Å². The van der Waals surface area contributed by atoms with E-state index < -0.39 is 0 Å². The molecule has 2 aromatic heterocycles. The molecule has 3 heterocycles. The second-order valence-corrected chi connectivity index (χ2v) is 8.61. The Balaban J connectivity index is 1.72. The van der Waals surface area contributed by atoms with E-state index in [4.69, 9.17) is 5.73 Å². The number of pyridine rings is 2. The highest BCUT2D eigenvalue weighted by atomic mass is 16.2. The summed E-state index contributed by atoms with van der Waals surface area (Å²) in [4.78, 5) is 38.0. The van der Waals surface area contributed by atoms with Crippen LogP contribution in [-0.4, -0.2) is 52.7 Å². The number of aromatic nitrogens is 2. The Morgan fingerprint density at radius 1 is 1.07 bits per heavy atom. The minimum atomic E-state index is -0.241. The van der Waals surface area contributed by atoms with Gasteiger partial charge in [0.1, 0.15) is 17.3 Å². The fourth-order valence-electron chi connectivity index (χ4n) is 3.43. The third-order valence-corrected chi connectivity index (χ3v) is 4.90. The van der Waals surface area contributed by atoms with Gasteiger partial charge in [0.25, 0.3) is 0 Å². The monoisotopic (exact) mass is 395 g/mol. The van der Waals surface area contributed by atoms with Crippen molar-refractivity contribution in [1.29, 1.82) is 0 Å². The minimum Gasteiger partial charge on any atom is -0.383 e. The van der Waals surface area contributed by atoms with Gasteiger partial charge in [-0.3, -0.25) is 9.59 Å². The van der Waals surface area contributed by atoms with Crippen molar-refractivity contribution in [2.24, 2.45) is 5.41 Å². The number of amides is 1. The van der Waals surface area contributed by atoms with Crippen LogP contribution in [0.25, 0.3) is 0 Å². The number of rotatable bonds is 4. The third kappa shape index (κ3) is 5.31. The van der Waals surface area contributed by atoms with Gasteiger partial charge in [0, 0.05) is 38.8 Å². The number of nitrogens with two attached hydrogens (primary N) is 1. The number of hydrogen-bond donors (Lipinski definition) is 1. The molecule has 0 radical (unpaired) electrons. The van der Waals surface area contributed by atoms with E-state index in [1.54, 1.807) is 24.4 Å². The lowest BCUT2D eigenvalue weighted by molar-refractivity contribution is -0.132. The average molecular weight is 396 g/mol. The van der Waals surface area contributed by atoms with Crippen LogP contribution in [0.4, 0.5) is 11.6 Å². The van der Waals surface area contributed by atoms with Crippen LogP contribution in [0.5, 0.6) is 0 Å². The summed E-state index contributed by atoms with van der Waals surface area (Å²) in [6.45, 7) is 9.12. The maximum absolute atomic E-state index is 12.8. The van der Waals surface area contributed by atoms with Gasteiger partial charge in [0.2, 0.25) is 11.7 Å². The molecule has 1 aliphatic rings. The molecule has 154 valence electrons. The van der Waals surface area contributed by atoms with Gasteiger partial charge in [-0.2, -0.15) is 0 Å². The number of ketones is 1. The Hall–Kier alpha value is -2.96. The highest BCUT2D eigenvalue weighted by molar-refractivity contribution is 6.10. The van der Waals surface area contributed by atoms with Crippen LogP contribution in [-0.2, 0) is 4.79 Å². The molecule has 0 spiro atoms. The zero-order chi connectivity index (χ0) is 21.0. The smallest absolute Gasteiger partial charge is 0.223 e. The highest BCUT2D eigenvalue weighted by Crippen LogP contribution is 2.22. The summed E-state index contributed by atoms with van der Waals surface area (Å²) in [5.41, 5.74) is 6.51. The van der Waals surface area contributed by atoms with Crippen molar-refractivity contribution in [1.82, 2.24) is 14.9 Å². The Kier molecular flexibility index (Phi) is 6.15. The molecule has 7 heteroatoms. The topological polar surface area (TPSA) is 92.4 Å². The van der Waals surface area contributed by atoms with Gasteiger partial charge in [0.15, 0.2) is 0 Å². The summed E-state index contributed by atoms with van der Waals surface area (Å²) in [6.07, 6.45) is 2.97. The SMILES string of the molecule is CC(C)(C)CC(=O)N1CCCN(c2cccc(C(=O)c3cccnc3N)n2)CC1. The molecule has 0 saturated carbocycles. The number of carbonyl (C=O) groups excluding carboxylic acids is 2. The normalized spacial score (nSPS) is 15.1. The van der Waals surface area contributed by atoms with E-state index in [2.05, 4.69) is 35.6 Å². The summed E-state index contributed by atoms with van der Waals surface area (Å²) < 4.78 is 0. The maximum Gasteiger partial charge on any atom is 0.223 e. The van der Waals surface area contributed by atoms with E-state index in [1.165, 1.54) is 0 Å². The van der Waals surface area contributed by atoms with Crippen molar-refractivity contribution in [3.8, 4) is 0 Å². The summed E-state index contributed by atoms with van der Waals surface area (Å²) in [5.74, 6) is 0.897. The number of nitrogen functional groups attached to an aromatic ring is 1. The summed E-state index contributed by atoms with van der Waals surface area (Å²) in [5, 5.41) is 0. The van der Waals surface area contributed by atoms with Gasteiger partial charge in [-0.05, 0) is 36.1 Å². The summed E-state index contributed by atoms with van der Waals surface area (Å²) >= 11 is 0.